The first-order valence-corrected chi connectivity index (χ1v) is 6.11. The van der Waals surface area contributed by atoms with Gasteiger partial charge in [-0.15, -0.1) is 12.3 Å². The number of amides is 1. The molecule has 1 unspecified atom stereocenters. The highest BCUT2D eigenvalue weighted by Gasteiger charge is 2.31. The predicted molar refractivity (Wildman–Crippen MR) is 68.4 cm³/mol. The molecular formula is C12H8BrClFNO. The minimum atomic E-state index is -0.453. The van der Waals surface area contributed by atoms with Gasteiger partial charge < -0.3 is 4.90 Å². The zero-order valence-corrected chi connectivity index (χ0v) is 11.1. The maximum Gasteiger partial charge on any atom is 0.228 e. The molecule has 1 aliphatic rings. The lowest BCUT2D eigenvalue weighted by atomic mass is 10.1. The number of hydrogen-bond acceptors (Lipinski definition) is 1. The molecule has 0 aromatic heterocycles. The first kappa shape index (κ1) is 12.4. The fourth-order valence-electron chi connectivity index (χ4n) is 1.83. The van der Waals surface area contributed by atoms with Crippen LogP contribution in [0.1, 0.15) is 6.42 Å². The Hall–Kier alpha value is -1.05. The summed E-state index contributed by atoms with van der Waals surface area (Å²) in [5.41, 5.74) is 0.482. The summed E-state index contributed by atoms with van der Waals surface area (Å²) in [6, 6.07) is 2.45. The summed E-state index contributed by atoms with van der Waals surface area (Å²) in [5, 5.41) is 0.197. The number of terminal acetylenes is 1. The zero-order valence-electron chi connectivity index (χ0n) is 8.71. The second-order valence-electron chi connectivity index (χ2n) is 3.79. The fourth-order valence-corrected chi connectivity index (χ4v) is 2.90. The maximum atomic E-state index is 13.1. The highest BCUT2D eigenvalue weighted by molar-refractivity contribution is 9.10. The van der Waals surface area contributed by atoms with Gasteiger partial charge in [-0.2, -0.15) is 0 Å². The molecule has 1 aromatic rings. The number of benzene rings is 1. The second-order valence-corrected chi connectivity index (χ2v) is 5.05. The van der Waals surface area contributed by atoms with Crippen molar-refractivity contribution in [3.63, 3.8) is 0 Å². The Morgan fingerprint density at radius 3 is 2.82 bits per heavy atom. The van der Waals surface area contributed by atoms with Gasteiger partial charge in [0.2, 0.25) is 5.91 Å². The Morgan fingerprint density at radius 2 is 2.29 bits per heavy atom. The topological polar surface area (TPSA) is 20.3 Å². The minimum absolute atomic E-state index is 0.0952. The van der Waals surface area contributed by atoms with Gasteiger partial charge in [0.05, 0.1) is 10.7 Å². The molecule has 1 amide bonds. The molecule has 2 nitrogen and oxygen atoms in total. The van der Waals surface area contributed by atoms with Gasteiger partial charge in [0.15, 0.2) is 0 Å². The summed E-state index contributed by atoms with van der Waals surface area (Å²) in [5.74, 6) is 1.89. The Kier molecular flexibility index (Phi) is 3.41. The summed E-state index contributed by atoms with van der Waals surface area (Å²) < 4.78 is 13.5. The van der Waals surface area contributed by atoms with Crippen molar-refractivity contribution in [3.8, 4) is 12.3 Å². The number of carbonyl (C=O) groups is 1. The van der Waals surface area contributed by atoms with Gasteiger partial charge in [-0.3, -0.25) is 4.79 Å². The van der Waals surface area contributed by atoms with E-state index in [0.29, 0.717) is 23.1 Å². The van der Waals surface area contributed by atoms with Crippen molar-refractivity contribution in [2.75, 3.05) is 11.4 Å². The average Bonchev–Trinajstić information content (AvgIpc) is 2.59. The highest BCUT2D eigenvalue weighted by atomic mass is 79.9. The molecule has 2 rings (SSSR count). The second kappa shape index (κ2) is 4.67. The molecule has 17 heavy (non-hydrogen) atoms. The van der Waals surface area contributed by atoms with E-state index in [1.807, 2.05) is 0 Å². The van der Waals surface area contributed by atoms with E-state index in [4.69, 9.17) is 18.0 Å². The van der Waals surface area contributed by atoms with Gasteiger partial charge in [-0.05, 0) is 28.1 Å². The standard InChI is InChI=1S/C12H8BrClFNO/c1-2-7-3-11(17)16(6-7)12-9(13)4-8(15)5-10(12)14/h1,4-5,7H,3,6H2. The number of anilines is 1. The third-order valence-corrected chi connectivity index (χ3v) is 3.50. The third-order valence-electron chi connectivity index (χ3n) is 2.61. The molecule has 0 radical (unpaired) electrons. The molecule has 1 saturated heterocycles. The normalized spacial score (nSPS) is 19.5. The van der Waals surface area contributed by atoms with E-state index < -0.39 is 5.82 Å². The van der Waals surface area contributed by atoms with Crippen LogP contribution in [-0.4, -0.2) is 12.5 Å². The molecule has 5 heteroatoms. The lowest BCUT2D eigenvalue weighted by molar-refractivity contribution is -0.117. The van der Waals surface area contributed by atoms with Gasteiger partial charge in [-0.1, -0.05) is 11.6 Å². The van der Waals surface area contributed by atoms with Crippen LogP contribution < -0.4 is 4.90 Å². The fraction of sp³-hybridized carbons (Fsp3) is 0.250. The van der Waals surface area contributed by atoms with Crippen LogP contribution in [0, 0.1) is 24.1 Å². The van der Waals surface area contributed by atoms with Crippen LogP contribution in [-0.2, 0) is 4.79 Å². The Labute approximate surface area is 112 Å². The molecule has 1 atom stereocenters. The molecular weight excluding hydrogens is 308 g/mol. The quantitative estimate of drug-likeness (QED) is 0.729. The van der Waals surface area contributed by atoms with Crippen LogP contribution in [0.4, 0.5) is 10.1 Å². The van der Waals surface area contributed by atoms with Crippen molar-refractivity contribution in [1.82, 2.24) is 0 Å². The third kappa shape index (κ3) is 2.31. The van der Waals surface area contributed by atoms with Crippen LogP contribution >= 0.6 is 27.5 Å². The first-order chi connectivity index (χ1) is 8.02. The predicted octanol–water partition coefficient (Wildman–Crippen LogP) is 3.23. The minimum Gasteiger partial charge on any atom is -0.309 e. The highest BCUT2D eigenvalue weighted by Crippen LogP contribution is 2.37. The van der Waals surface area contributed by atoms with Crippen molar-refractivity contribution in [2.24, 2.45) is 5.92 Å². The SMILES string of the molecule is C#CC1CC(=O)N(c2c(Cl)cc(F)cc2Br)C1. The monoisotopic (exact) mass is 315 g/mol. The number of halogens is 3. The van der Waals surface area contributed by atoms with Crippen molar-refractivity contribution >= 4 is 39.1 Å². The summed E-state index contributed by atoms with van der Waals surface area (Å²) in [6.45, 7) is 0.416. The largest absolute Gasteiger partial charge is 0.309 e. The molecule has 0 bridgehead atoms. The summed E-state index contributed by atoms with van der Waals surface area (Å²) in [4.78, 5) is 13.3. The van der Waals surface area contributed by atoms with E-state index in [-0.39, 0.29) is 16.8 Å². The first-order valence-electron chi connectivity index (χ1n) is 4.94. The summed E-state index contributed by atoms with van der Waals surface area (Å²) >= 11 is 9.16. The summed E-state index contributed by atoms with van der Waals surface area (Å²) in [6.07, 6.45) is 5.61. The number of hydrogen-bond donors (Lipinski definition) is 0. The molecule has 0 saturated carbocycles. The smallest absolute Gasteiger partial charge is 0.228 e. The Morgan fingerprint density at radius 1 is 1.59 bits per heavy atom. The molecule has 0 N–H and O–H groups in total. The van der Waals surface area contributed by atoms with Crippen molar-refractivity contribution < 1.29 is 9.18 Å². The van der Waals surface area contributed by atoms with Gasteiger partial charge in [0.1, 0.15) is 5.82 Å². The lowest BCUT2D eigenvalue weighted by Crippen LogP contribution is -2.25. The van der Waals surface area contributed by atoms with Gasteiger partial charge in [-0.25, -0.2) is 4.39 Å². The molecule has 88 valence electrons. The molecule has 0 aliphatic carbocycles. The van der Waals surface area contributed by atoms with E-state index in [1.165, 1.54) is 17.0 Å². The van der Waals surface area contributed by atoms with E-state index >= 15 is 0 Å². The summed E-state index contributed by atoms with van der Waals surface area (Å²) in [7, 11) is 0. The van der Waals surface area contributed by atoms with Crippen molar-refractivity contribution in [3.05, 3.63) is 27.4 Å². The number of carbonyl (C=O) groups excluding carboxylic acids is 1. The zero-order chi connectivity index (χ0) is 12.6. The maximum absolute atomic E-state index is 13.1. The number of nitrogens with zero attached hydrogens (tertiary/aromatic N) is 1. The molecule has 1 aliphatic heterocycles. The van der Waals surface area contributed by atoms with E-state index in [9.17, 15) is 9.18 Å². The number of rotatable bonds is 1. The molecule has 1 fully saturated rings. The van der Waals surface area contributed by atoms with Crippen LogP contribution in [0.2, 0.25) is 5.02 Å². The van der Waals surface area contributed by atoms with E-state index in [1.54, 1.807) is 0 Å². The molecule has 0 spiro atoms. The van der Waals surface area contributed by atoms with E-state index in [2.05, 4.69) is 21.9 Å². The van der Waals surface area contributed by atoms with Crippen LogP contribution in [0.3, 0.4) is 0 Å². The van der Waals surface area contributed by atoms with Crippen molar-refractivity contribution in [1.29, 1.82) is 0 Å². The lowest BCUT2D eigenvalue weighted by Gasteiger charge is -2.19. The van der Waals surface area contributed by atoms with Crippen molar-refractivity contribution in [2.45, 2.75) is 6.42 Å². The Bertz CT molecular complexity index is 503. The van der Waals surface area contributed by atoms with Crippen LogP contribution in [0.5, 0.6) is 0 Å². The molecule has 1 heterocycles. The van der Waals surface area contributed by atoms with Crippen LogP contribution in [0.15, 0.2) is 16.6 Å². The van der Waals surface area contributed by atoms with Crippen LogP contribution in [0.25, 0.3) is 0 Å². The van der Waals surface area contributed by atoms with E-state index in [0.717, 1.165) is 0 Å². The average molecular weight is 317 g/mol. The van der Waals surface area contributed by atoms with Gasteiger partial charge in [0.25, 0.3) is 0 Å². The Balaban J connectivity index is 2.42. The molecule has 1 aromatic carbocycles. The van der Waals surface area contributed by atoms with Gasteiger partial charge in [0, 0.05) is 23.4 Å². The van der Waals surface area contributed by atoms with Gasteiger partial charge >= 0.3 is 0 Å².